The molecule has 0 unspecified atom stereocenters. The van der Waals surface area contributed by atoms with E-state index in [1.54, 1.807) is 35.6 Å². The van der Waals surface area contributed by atoms with Crippen LogP contribution in [0.15, 0.2) is 30.3 Å². The van der Waals surface area contributed by atoms with Crippen molar-refractivity contribution in [2.24, 2.45) is 0 Å². The molecular weight excluding hydrogens is 286 g/mol. The van der Waals surface area contributed by atoms with Crippen LogP contribution in [0.2, 0.25) is 0 Å². The number of nitrogens with one attached hydrogen (secondary N) is 2. The highest BCUT2D eigenvalue weighted by atomic mass is 32.1. The Morgan fingerprint density at radius 3 is 2.48 bits per heavy atom. The molecule has 0 radical (unpaired) electrons. The minimum Gasteiger partial charge on any atom is -0.348 e. The molecule has 2 amide bonds. The van der Waals surface area contributed by atoms with Crippen molar-refractivity contribution < 1.29 is 9.59 Å². The fourth-order valence-electron chi connectivity index (χ4n) is 1.70. The molecule has 5 nitrogen and oxygen atoms in total. The van der Waals surface area contributed by atoms with Crippen LogP contribution in [0.5, 0.6) is 0 Å². The molecule has 0 atom stereocenters. The number of hydrogen-bond donors (Lipinski definition) is 2. The van der Waals surface area contributed by atoms with E-state index >= 15 is 0 Å². The molecule has 0 bridgehead atoms. The van der Waals surface area contributed by atoms with Gasteiger partial charge in [-0.3, -0.25) is 9.59 Å². The van der Waals surface area contributed by atoms with Gasteiger partial charge >= 0.3 is 0 Å². The van der Waals surface area contributed by atoms with Gasteiger partial charge in [0, 0.05) is 10.4 Å². The smallest absolute Gasteiger partial charge is 0.251 e. The summed E-state index contributed by atoms with van der Waals surface area (Å²) in [5.74, 6) is -0.489. The van der Waals surface area contributed by atoms with Crippen LogP contribution < -0.4 is 10.6 Å². The zero-order chi connectivity index (χ0) is 15.2. The van der Waals surface area contributed by atoms with Gasteiger partial charge in [0.1, 0.15) is 5.01 Å². The van der Waals surface area contributed by atoms with Gasteiger partial charge in [-0.15, -0.1) is 11.3 Å². The Labute approximate surface area is 127 Å². The molecule has 0 aliphatic heterocycles. The van der Waals surface area contributed by atoms with Crippen molar-refractivity contribution in [2.45, 2.75) is 20.4 Å². The average molecular weight is 303 g/mol. The lowest BCUT2D eigenvalue weighted by Crippen LogP contribution is -2.36. The summed E-state index contributed by atoms with van der Waals surface area (Å²) < 4.78 is 0. The molecule has 0 fully saturated rings. The number of carbonyl (C=O) groups excluding carboxylic acids is 2. The summed E-state index contributed by atoms with van der Waals surface area (Å²) in [6, 6.07) is 8.80. The second-order valence-corrected chi connectivity index (χ2v) is 5.86. The van der Waals surface area contributed by atoms with E-state index in [-0.39, 0.29) is 18.4 Å². The first-order valence-electron chi connectivity index (χ1n) is 6.59. The van der Waals surface area contributed by atoms with Crippen LogP contribution in [0.25, 0.3) is 0 Å². The van der Waals surface area contributed by atoms with Crippen molar-refractivity contribution >= 4 is 23.2 Å². The zero-order valence-corrected chi connectivity index (χ0v) is 12.8. The molecule has 2 N–H and O–H groups in total. The third-order valence-electron chi connectivity index (χ3n) is 2.96. The van der Waals surface area contributed by atoms with Gasteiger partial charge in [0.15, 0.2) is 0 Å². The lowest BCUT2D eigenvalue weighted by Gasteiger charge is -2.05. The molecule has 1 aromatic heterocycles. The zero-order valence-electron chi connectivity index (χ0n) is 12.0. The number of thiazole rings is 1. The Morgan fingerprint density at radius 1 is 1.14 bits per heavy atom. The van der Waals surface area contributed by atoms with E-state index in [4.69, 9.17) is 0 Å². The van der Waals surface area contributed by atoms with Crippen LogP contribution in [0.3, 0.4) is 0 Å². The van der Waals surface area contributed by atoms with Gasteiger partial charge in [0.25, 0.3) is 5.91 Å². The van der Waals surface area contributed by atoms with Gasteiger partial charge in [-0.2, -0.15) is 0 Å². The normalized spacial score (nSPS) is 10.2. The van der Waals surface area contributed by atoms with E-state index < -0.39 is 0 Å². The fourth-order valence-corrected chi connectivity index (χ4v) is 2.58. The molecule has 1 heterocycles. The summed E-state index contributed by atoms with van der Waals surface area (Å²) in [5.41, 5.74) is 1.53. The number of amides is 2. The van der Waals surface area contributed by atoms with E-state index in [9.17, 15) is 9.59 Å². The van der Waals surface area contributed by atoms with E-state index in [2.05, 4.69) is 15.6 Å². The Morgan fingerprint density at radius 2 is 1.86 bits per heavy atom. The molecule has 0 spiro atoms. The third-order valence-corrected chi connectivity index (χ3v) is 4.03. The quantitative estimate of drug-likeness (QED) is 0.885. The molecule has 110 valence electrons. The lowest BCUT2D eigenvalue weighted by atomic mass is 10.2. The maximum absolute atomic E-state index is 11.8. The minimum atomic E-state index is -0.258. The van der Waals surface area contributed by atoms with Gasteiger partial charge in [0.05, 0.1) is 18.8 Å². The highest BCUT2D eigenvalue weighted by molar-refractivity contribution is 7.11. The molecule has 0 saturated heterocycles. The van der Waals surface area contributed by atoms with Gasteiger partial charge in [-0.05, 0) is 26.0 Å². The molecule has 6 heteroatoms. The Bertz CT molecular complexity index is 618. The largest absolute Gasteiger partial charge is 0.348 e. The second kappa shape index (κ2) is 6.99. The Hall–Kier alpha value is -2.21. The lowest BCUT2D eigenvalue weighted by molar-refractivity contribution is -0.120. The van der Waals surface area contributed by atoms with Crippen molar-refractivity contribution in [3.63, 3.8) is 0 Å². The second-order valence-electron chi connectivity index (χ2n) is 4.57. The third kappa shape index (κ3) is 4.39. The molecule has 1 aromatic carbocycles. The van der Waals surface area contributed by atoms with Gasteiger partial charge in [0.2, 0.25) is 5.91 Å². The number of hydrogen-bond acceptors (Lipinski definition) is 4. The van der Waals surface area contributed by atoms with E-state index in [1.165, 1.54) is 0 Å². The summed E-state index contributed by atoms with van der Waals surface area (Å²) in [6.07, 6.45) is 0. The number of benzene rings is 1. The molecule has 0 aliphatic rings. The van der Waals surface area contributed by atoms with Crippen molar-refractivity contribution in [2.75, 3.05) is 6.54 Å². The first-order valence-corrected chi connectivity index (χ1v) is 7.41. The van der Waals surface area contributed by atoms with Crippen LogP contribution >= 0.6 is 11.3 Å². The van der Waals surface area contributed by atoms with Crippen LogP contribution in [-0.4, -0.2) is 23.3 Å². The first kappa shape index (κ1) is 15.2. The van der Waals surface area contributed by atoms with Crippen molar-refractivity contribution in [3.8, 4) is 0 Å². The molecule has 2 aromatic rings. The predicted octanol–water partition coefficient (Wildman–Crippen LogP) is 1.81. The Balaban J connectivity index is 1.76. The molecular formula is C15H17N3O2S. The van der Waals surface area contributed by atoms with Gasteiger partial charge in [-0.1, -0.05) is 18.2 Å². The van der Waals surface area contributed by atoms with Crippen LogP contribution in [0, 0.1) is 13.8 Å². The number of aryl methyl sites for hydroxylation is 2. The molecule has 0 aliphatic carbocycles. The predicted molar refractivity (Wildman–Crippen MR) is 82.2 cm³/mol. The monoisotopic (exact) mass is 303 g/mol. The summed E-state index contributed by atoms with van der Waals surface area (Å²) in [5, 5.41) is 6.19. The molecule has 0 saturated carbocycles. The van der Waals surface area contributed by atoms with Crippen molar-refractivity contribution in [1.29, 1.82) is 0 Å². The van der Waals surface area contributed by atoms with E-state index in [0.717, 1.165) is 15.6 Å². The fraction of sp³-hybridized carbons (Fsp3) is 0.267. The van der Waals surface area contributed by atoms with E-state index in [1.807, 2.05) is 19.9 Å². The topological polar surface area (TPSA) is 71.1 Å². The first-order chi connectivity index (χ1) is 10.1. The Kier molecular flexibility index (Phi) is 5.05. The maximum atomic E-state index is 11.8. The van der Waals surface area contributed by atoms with Crippen molar-refractivity contribution in [1.82, 2.24) is 15.6 Å². The number of rotatable bonds is 5. The summed E-state index contributed by atoms with van der Waals surface area (Å²) in [6.45, 7) is 4.28. The number of aromatic nitrogens is 1. The summed E-state index contributed by atoms with van der Waals surface area (Å²) in [4.78, 5) is 29.0. The maximum Gasteiger partial charge on any atom is 0.251 e. The van der Waals surface area contributed by atoms with Gasteiger partial charge in [-0.25, -0.2) is 4.98 Å². The van der Waals surface area contributed by atoms with Crippen LogP contribution in [0.4, 0.5) is 0 Å². The molecule has 21 heavy (non-hydrogen) atoms. The van der Waals surface area contributed by atoms with Crippen LogP contribution in [0.1, 0.15) is 25.9 Å². The number of carbonyl (C=O) groups is 2. The highest BCUT2D eigenvalue weighted by Gasteiger charge is 2.08. The standard InChI is InChI=1S/C15H17N3O2S/c1-10-11(2)21-14(18-10)9-16-13(19)8-17-15(20)12-6-4-3-5-7-12/h3-7H,8-9H2,1-2H3,(H,16,19)(H,17,20). The minimum absolute atomic E-state index is 0.0446. The summed E-state index contributed by atoms with van der Waals surface area (Å²) >= 11 is 1.56. The summed E-state index contributed by atoms with van der Waals surface area (Å²) in [7, 11) is 0. The van der Waals surface area contributed by atoms with E-state index in [0.29, 0.717) is 12.1 Å². The SMILES string of the molecule is Cc1nc(CNC(=O)CNC(=O)c2ccccc2)sc1C. The van der Waals surface area contributed by atoms with Crippen molar-refractivity contribution in [3.05, 3.63) is 51.5 Å². The molecule has 2 rings (SSSR count). The van der Waals surface area contributed by atoms with Gasteiger partial charge < -0.3 is 10.6 Å². The highest BCUT2D eigenvalue weighted by Crippen LogP contribution is 2.15. The van der Waals surface area contributed by atoms with Crippen LogP contribution in [-0.2, 0) is 11.3 Å². The number of nitrogens with zero attached hydrogens (tertiary/aromatic N) is 1. The average Bonchev–Trinajstić information content (AvgIpc) is 2.82.